The number of hydrogen-bond acceptors (Lipinski definition) is 3. The van der Waals surface area contributed by atoms with Crippen LogP contribution in [0.5, 0.6) is 0 Å². The highest BCUT2D eigenvalue weighted by Gasteiger charge is 2.27. The van der Waals surface area contributed by atoms with Gasteiger partial charge in [-0.2, -0.15) is 0 Å². The van der Waals surface area contributed by atoms with Crippen molar-refractivity contribution in [1.29, 1.82) is 0 Å². The SMILES string of the molecule is CCCCC(NC(=O)N(C)C1CCN(C)CC1)C(=O)O. The first-order chi connectivity index (χ1) is 9.45. The van der Waals surface area contributed by atoms with Gasteiger partial charge in [0.05, 0.1) is 0 Å². The Balaban J connectivity index is 2.48. The number of likely N-dealkylation sites (tertiary alicyclic amines) is 1. The Morgan fingerprint density at radius 1 is 1.40 bits per heavy atom. The normalized spacial score (nSPS) is 18.6. The molecular weight excluding hydrogens is 258 g/mol. The van der Waals surface area contributed by atoms with Crippen molar-refractivity contribution in [1.82, 2.24) is 15.1 Å². The third-order valence-corrected chi connectivity index (χ3v) is 4.00. The van der Waals surface area contributed by atoms with Gasteiger partial charge in [-0.25, -0.2) is 9.59 Å². The standard InChI is InChI=1S/C14H27N3O3/c1-4-5-6-12(13(18)19)15-14(20)17(3)11-7-9-16(2)10-8-11/h11-12H,4-10H2,1-3H3,(H,15,20)(H,18,19). The molecule has 6 nitrogen and oxygen atoms in total. The van der Waals surface area contributed by atoms with Gasteiger partial charge in [-0.05, 0) is 39.4 Å². The lowest BCUT2D eigenvalue weighted by Crippen LogP contribution is -2.52. The maximum absolute atomic E-state index is 12.1. The van der Waals surface area contributed by atoms with Crippen molar-refractivity contribution in [2.24, 2.45) is 0 Å². The molecule has 1 atom stereocenters. The van der Waals surface area contributed by atoms with E-state index in [4.69, 9.17) is 5.11 Å². The molecule has 1 aliphatic rings. The Morgan fingerprint density at radius 2 is 2.00 bits per heavy atom. The lowest BCUT2D eigenvalue weighted by Gasteiger charge is -2.35. The van der Waals surface area contributed by atoms with Crippen molar-refractivity contribution >= 4 is 12.0 Å². The van der Waals surface area contributed by atoms with Crippen LogP contribution in [0.1, 0.15) is 39.0 Å². The number of nitrogens with zero attached hydrogens (tertiary/aromatic N) is 2. The van der Waals surface area contributed by atoms with Gasteiger partial charge in [-0.15, -0.1) is 0 Å². The van der Waals surface area contributed by atoms with E-state index in [1.165, 1.54) is 0 Å². The maximum Gasteiger partial charge on any atom is 0.326 e. The molecule has 0 aromatic rings. The van der Waals surface area contributed by atoms with E-state index in [1.807, 2.05) is 6.92 Å². The summed E-state index contributed by atoms with van der Waals surface area (Å²) in [7, 11) is 3.82. The van der Waals surface area contributed by atoms with Gasteiger partial charge in [0.2, 0.25) is 0 Å². The van der Waals surface area contributed by atoms with Crippen LogP contribution in [0.15, 0.2) is 0 Å². The number of piperidine rings is 1. The topological polar surface area (TPSA) is 72.9 Å². The van der Waals surface area contributed by atoms with E-state index in [0.717, 1.165) is 38.8 Å². The van der Waals surface area contributed by atoms with Crippen LogP contribution in [0, 0.1) is 0 Å². The molecule has 1 unspecified atom stereocenters. The minimum absolute atomic E-state index is 0.201. The summed E-state index contributed by atoms with van der Waals surface area (Å²) in [6.45, 7) is 3.95. The van der Waals surface area contributed by atoms with E-state index in [-0.39, 0.29) is 12.1 Å². The molecule has 116 valence electrons. The van der Waals surface area contributed by atoms with E-state index in [2.05, 4.69) is 17.3 Å². The quantitative estimate of drug-likeness (QED) is 0.773. The molecule has 6 heteroatoms. The molecule has 1 fully saturated rings. The van der Waals surface area contributed by atoms with Crippen LogP contribution in [0.25, 0.3) is 0 Å². The molecule has 0 bridgehead atoms. The number of carbonyl (C=O) groups excluding carboxylic acids is 1. The molecule has 0 aliphatic carbocycles. The number of hydrogen-bond donors (Lipinski definition) is 2. The molecule has 0 spiro atoms. The number of carbonyl (C=O) groups is 2. The first-order valence-electron chi connectivity index (χ1n) is 7.40. The Labute approximate surface area is 121 Å². The summed E-state index contributed by atoms with van der Waals surface area (Å²) >= 11 is 0. The number of carboxylic acid groups (broad SMARTS) is 1. The average molecular weight is 285 g/mol. The summed E-state index contributed by atoms with van der Waals surface area (Å²) < 4.78 is 0. The fraction of sp³-hybridized carbons (Fsp3) is 0.857. The van der Waals surface area contributed by atoms with Crippen LogP contribution < -0.4 is 5.32 Å². The predicted molar refractivity (Wildman–Crippen MR) is 77.8 cm³/mol. The van der Waals surface area contributed by atoms with Crippen LogP contribution in [-0.4, -0.2) is 66.2 Å². The zero-order chi connectivity index (χ0) is 15.1. The molecular formula is C14H27N3O3. The zero-order valence-electron chi connectivity index (χ0n) is 12.8. The van der Waals surface area contributed by atoms with Crippen LogP contribution in [0.3, 0.4) is 0 Å². The van der Waals surface area contributed by atoms with Crippen molar-refractivity contribution in [3.05, 3.63) is 0 Å². The Morgan fingerprint density at radius 3 is 2.50 bits per heavy atom. The zero-order valence-corrected chi connectivity index (χ0v) is 12.8. The van der Waals surface area contributed by atoms with Crippen LogP contribution >= 0.6 is 0 Å². The first-order valence-corrected chi connectivity index (χ1v) is 7.40. The Hall–Kier alpha value is -1.30. The number of urea groups is 1. The molecule has 1 heterocycles. The maximum atomic E-state index is 12.1. The van der Waals surface area contributed by atoms with Gasteiger partial charge in [0.25, 0.3) is 0 Å². The number of carboxylic acids is 1. The van der Waals surface area contributed by atoms with Crippen LogP contribution in [0.2, 0.25) is 0 Å². The number of rotatable bonds is 6. The second kappa shape index (κ2) is 8.09. The van der Waals surface area contributed by atoms with Gasteiger partial charge in [-0.3, -0.25) is 0 Å². The highest BCUT2D eigenvalue weighted by molar-refractivity contribution is 5.82. The minimum Gasteiger partial charge on any atom is -0.480 e. The summed E-state index contributed by atoms with van der Waals surface area (Å²) in [4.78, 5) is 27.2. The van der Waals surface area contributed by atoms with E-state index in [9.17, 15) is 9.59 Å². The van der Waals surface area contributed by atoms with Gasteiger partial charge in [0.1, 0.15) is 6.04 Å². The van der Waals surface area contributed by atoms with Gasteiger partial charge in [0, 0.05) is 13.1 Å². The van der Waals surface area contributed by atoms with E-state index < -0.39 is 12.0 Å². The fourth-order valence-electron chi connectivity index (χ4n) is 2.46. The fourth-order valence-corrected chi connectivity index (χ4v) is 2.46. The number of amides is 2. The summed E-state index contributed by atoms with van der Waals surface area (Å²) in [5.41, 5.74) is 0. The van der Waals surface area contributed by atoms with Crippen molar-refractivity contribution in [2.75, 3.05) is 27.2 Å². The highest BCUT2D eigenvalue weighted by Crippen LogP contribution is 2.14. The highest BCUT2D eigenvalue weighted by atomic mass is 16.4. The monoisotopic (exact) mass is 285 g/mol. The molecule has 2 amide bonds. The molecule has 0 saturated carbocycles. The second-order valence-electron chi connectivity index (χ2n) is 5.63. The molecule has 1 saturated heterocycles. The van der Waals surface area contributed by atoms with E-state index in [0.29, 0.717) is 6.42 Å². The third-order valence-electron chi connectivity index (χ3n) is 4.00. The number of unbranched alkanes of at least 4 members (excludes halogenated alkanes) is 1. The van der Waals surface area contributed by atoms with Crippen molar-refractivity contribution in [3.63, 3.8) is 0 Å². The molecule has 1 rings (SSSR count). The molecule has 0 radical (unpaired) electrons. The lowest BCUT2D eigenvalue weighted by molar-refractivity contribution is -0.139. The van der Waals surface area contributed by atoms with Crippen LogP contribution in [-0.2, 0) is 4.79 Å². The Kier molecular flexibility index (Phi) is 6.78. The molecule has 1 aliphatic heterocycles. The van der Waals surface area contributed by atoms with Gasteiger partial charge < -0.3 is 20.2 Å². The summed E-state index contributed by atoms with van der Waals surface area (Å²) in [5.74, 6) is -0.955. The summed E-state index contributed by atoms with van der Waals surface area (Å²) in [6.07, 6.45) is 4.08. The van der Waals surface area contributed by atoms with E-state index >= 15 is 0 Å². The second-order valence-corrected chi connectivity index (χ2v) is 5.63. The van der Waals surface area contributed by atoms with Gasteiger partial charge >= 0.3 is 12.0 Å². The predicted octanol–water partition coefficient (Wildman–Crippen LogP) is 1.37. The summed E-state index contributed by atoms with van der Waals surface area (Å²) in [6, 6.07) is -0.856. The third kappa shape index (κ3) is 5.00. The van der Waals surface area contributed by atoms with Crippen molar-refractivity contribution in [2.45, 2.75) is 51.1 Å². The number of nitrogens with one attached hydrogen (secondary N) is 1. The molecule has 0 aromatic heterocycles. The minimum atomic E-state index is -0.955. The van der Waals surface area contributed by atoms with Crippen LogP contribution in [0.4, 0.5) is 4.79 Å². The van der Waals surface area contributed by atoms with E-state index in [1.54, 1.807) is 11.9 Å². The Bertz CT molecular complexity index is 328. The van der Waals surface area contributed by atoms with Crippen molar-refractivity contribution < 1.29 is 14.7 Å². The molecule has 20 heavy (non-hydrogen) atoms. The molecule has 2 N–H and O–H groups in total. The van der Waals surface area contributed by atoms with Crippen molar-refractivity contribution in [3.8, 4) is 0 Å². The smallest absolute Gasteiger partial charge is 0.326 e. The van der Waals surface area contributed by atoms with Gasteiger partial charge in [0.15, 0.2) is 0 Å². The first kappa shape index (κ1) is 16.8. The molecule has 0 aromatic carbocycles. The summed E-state index contributed by atoms with van der Waals surface area (Å²) in [5, 5.41) is 11.8. The average Bonchev–Trinajstić information content (AvgIpc) is 2.42. The van der Waals surface area contributed by atoms with Gasteiger partial charge in [-0.1, -0.05) is 19.8 Å². The largest absolute Gasteiger partial charge is 0.480 e. The number of aliphatic carboxylic acids is 1. The lowest BCUT2D eigenvalue weighted by atomic mass is 10.0.